The van der Waals surface area contributed by atoms with Gasteiger partial charge in [-0.05, 0) is 37.7 Å². The molecule has 0 aliphatic carbocycles. The van der Waals surface area contributed by atoms with Crippen LogP contribution >= 0.6 is 0 Å². The molecule has 5 nitrogen and oxygen atoms in total. The molecule has 1 N–H and O–H groups in total. The van der Waals surface area contributed by atoms with E-state index in [1.165, 1.54) is 12.8 Å². The average Bonchev–Trinajstić information content (AvgIpc) is 2.70. The quantitative estimate of drug-likeness (QED) is 0.901. The third kappa shape index (κ3) is 3.18. The van der Waals surface area contributed by atoms with E-state index >= 15 is 0 Å². The molecular formula is C16H22N2O3. The van der Waals surface area contributed by atoms with Gasteiger partial charge in [0.25, 0.3) is 0 Å². The highest BCUT2D eigenvalue weighted by Crippen LogP contribution is 2.40. The average molecular weight is 290 g/mol. The number of carbonyl (C=O) groups is 1. The Morgan fingerprint density at radius 3 is 2.71 bits per heavy atom. The lowest BCUT2D eigenvalue weighted by molar-refractivity contribution is -0.138. The van der Waals surface area contributed by atoms with Crippen LogP contribution in [0.25, 0.3) is 0 Å². The number of hydrogen-bond donors (Lipinski definition) is 1. The number of ether oxygens (including phenoxy) is 1. The Hall–Kier alpha value is -1.62. The molecule has 1 aromatic heterocycles. The van der Waals surface area contributed by atoms with Gasteiger partial charge in [0.1, 0.15) is 0 Å². The Bertz CT molecular complexity index is 506. The number of rotatable bonds is 5. The largest absolute Gasteiger partial charge is 0.481 e. The van der Waals surface area contributed by atoms with Crippen molar-refractivity contribution >= 4 is 5.97 Å². The molecule has 0 amide bonds. The summed E-state index contributed by atoms with van der Waals surface area (Å²) in [5.41, 5.74) is 1.03. The molecule has 0 radical (unpaired) electrons. The van der Waals surface area contributed by atoms with Crippen LogP contribution in [0.4, 0.5) is 0 Å². The summed E-state index contributed by atoms with van der Waals surface area (Å²) < 4.78 is 5.18. The van der Waals surface area contributed by atoms with Gasteiger partial charge in [0.15, 0.2) is 0 Å². The van der Waals surface area contributed by atoms with Gasteiger partial charge in [0, 0.05) is 31.1 Å². The molecule has 1 aromatic rings. The Balaban J connectivity index is 1.66. The molecule has 2 fully saturated rings. The van der Waals surface area contributed by atoms with Crippen LogP contribution in [0.2, 0.25) is 0 Å². The molecule has 3 heterocycles. The topological polar surface area (TPSA) is 62.7 Å². The number of nitrogens with zero attached hydrogens (tertiary/aromatic N) is 2. The third-order valence-corrected chi connectivity index (χ3v) is 4.78. The maximum atomic E-state index is 10.9. The predicted molar refractivity (Wildman–Crippen MR) is 78.1 cm³/mol. The first-order valence-corrected chi connectivity index (χ1v) is 7.63. The molecule has 2 bridgehead atoms. The second kappa shape index (κ2) is 6.02. The van der Waals surface area contributed by atoms with E-state index in [9.17, 15) is 4.79 Å². The van der Waals surface area contributed by atoms with E-state index < -0.39 is 5.97 Å². The lowest BCUT2D eigenvalue weighted by atomic mass is 9.88. The van der Waals surface area contributed by atoms with Gasteiger partial charge < -0.3 is 9.84 Å². The second-order valence-corrected chi connectivity index (χ2v) is 6.16. The molecule has 114 valence electrons. The van der Waals surface area contributed by atoms with Crippen LogP contribution in [-0.4, -0.2) is 40.2 Å². The van der Waals surface area contributed by atoms with Gasteiger partial charge >= 0.3 is 5.97 Å². The van der Waals surface area contributed by atoms with Gasteiger partial charge in [-0.3, -0.25) is 9.69 Å². The van der Waals surface area contributed by atoms with Gasteiger partial charge in [0.05, 0.1) is 12.8 Å². The van der Waals surface area contributed by atoms with E-state index in [1.54, 1.807) is 7.11 Å². The number of fused-ring (bicyclic) bond motifs is 2. The van der Waals surface area contributed by atoms with Crippen molar-refractivity contribution in [3.8, 4) is 5.88 Å². The van der Waals surface area contributed by atoms with Crippen LogP contribution in [0.15, 0.2) is 18.2 Å². The molecule has 2 saturated heterocycles. The van der Waals surface area contributed by atoms with Crippen molar-refractivity contribution in [2.75, 3.05) is 7.11 Å². The van der Waals surface area contributed by atoms with Crippen LogP contribution in [0.5, 0.6) is 5.88 Å². The first-order chi connectivity index (χ1) is 10.2. The fourth-order valence-corrected chi connectivity index (χ4v) is 3.91. The number of carboxylic acids is 1. The minimum atomic E-state index is -0.665. The molecule has 0 spiro atoms. The van der Waals surface area contributed by atoms with Crippen LogP contribution in [0.1, 0.15) is 37.8 Å². The van der Waals surface area contributed by atoms with E-state index in [2.05, 4.69) is 9.88 Å². The van der Waals surface area contributed by atoms with E-state index in [4.69, 9.17) is 9.84 Å². The Kier molecular flexibility index (Phi) is 4.10. The summed E-state index contributed by atoms with van der Waals surface area (Å²) in [5, 5.41) is 8.98. The monoisotopic (exact) mass is 290 g/mol. The molecule has 21 heavy (non-hydrogen) atoms. The van der Waals surface area contributed by atoms with Gasteiger partial charge in [0.2, 0.25) is 5.88 Å². The predicted octanol–water partition coefficient (Wildman–Crippen LogP) is 2.31. The molecule has 2 unspecified atom stereocenters. The summed E-state index contributed by atoms with van der Waals surface area (Å²) in [5.74, 6) is 0.331. The normalized spacial score (nSPS) is 28.5. The van der Waals surface area contributed by atoms with E-state index in [1.807, 2.05) is 18.2 Å². The standard InChI is InChI=1S/C16H22N2O3/c1-21-15-4-2-3-12(17-15)10-18-13-5-6-14(18)8-11(7-13)9-16(19)20/h2-4,11,13-14H,5-10H2,1H3,(H,19,20). The number of aromatic nitrogens is 1. The number of pyridine rings is 1. The zero-order valence-corrected chi connectivity index (χ0v) is 12.4. The first-order valence-electron chi connectivity index (χ1n) is 7.63. The lowest BCUT2D eigenvalue weighted by Crippen LogP contribution is -2.42. The van der Waals surface area contributed by atoms with Crippen molar-refractivity contribution < 1.29 is 14.6 Å². The summed E-state index contributed by atoms with van der Waals surface area (Å²) in [7, 11) is 1.63. The molecule has 0 saturated carbocycles. The fourth-order valence-electron chi connectivity index (χ4n) is 3.91. The zero-order chi connectivity index (χ0) is 14.8. The van der Waals surface area contributed by atoms with Crippen molar-refractivity contribution in [2.45, 2.75) is 50.7 Å². The van der Waals surface area contributed by atoms with Crippen molar-refractivity contribution in [3.05, 3.63) is 23.9 Å². The van der Waals surface area contributed by atoms with Crippen molar-refractivity contribution in [2.24, 2.45) is 5.92 Å². The number of carboxylic acid groups (broad SMARTS) is 1. The van der Waals surface area contributed by atoms with Crippen molar-refractivity contribution in [3.63, 3.8) is 0 Å². The van der Waals surface area contributed by atoms with Gasteiger partial charge in [-0.2, -0.15) is 0 Å². The molecule has 2 atom stereocenters. The molecular weight excluding hydrogens is 268 g/mol. The number of aliphatic carboxylic acids is 1. The summed E-state index contributed by atoms with van der Waals surface area (Å²) >= 11 is 0. The van der Waals surface area contributed by atoms with Crippen LogP contribution in [0, 0.1) is 5.92 Å². The van der Waals surface area contributed by atoms with Crippen LogP contribution in [-0.2, 0) is 11.3 Å². The maximum Gasteiger partial charge on any atom is 0.303 e. The lowest BCUT2D eigenvalue weighted by Gasteiger charge is -2.38. The molecule has 2 aliphatic rings. The number of piperidine rings is 1. The Morgan fingerprint density at radius 2 is 2.10 bits per heavy atom. The van der Waals surface area contributed by atoms with Crippen LogP contribution < -0.4 is 4.74 Å². The minimum Gasteiger partial charge on any atom is -0.481 e. The van der Waals surface area contributed by atoms with E-state index in [-0.39, 0.29) is 0 Å². The van der Waals surface area contributed by atoms with E-state index in [0.717, 1.165) is 25.1 Å². The first kappa shape index (κ1) is 14.3. The van der Waals surface area contributed by atoms with Gasteiger partial charge in [-0.25, -0.2) is 4.98 Å². The summed E-state index contributed by atoms with van der Waals surface area (Å²) in [6.07, 6.45) is 4.70. The van der Waals surface area contributed by atoms with Gasteiger partial charge in [-0.15, -0.1) is 0 Å². The van der Waals surface area contributed by atoms with Crippen molar-refractivity contribution in [1.82, 2.24) is 9.88 Å². The zero-order valence-electron chi connectivity index (χ0n) is 12.4. The summed E-state index contributed by atoms with van der Waals surface area (Å²) in [4.78, 5) is 17.9. The molecule has 5 heteroatoms. The molecule has 2 aliphatic heterocycles. The SMILES string of the molecule is COc1cccc(CN2C3CCC2CC(CC(=O)O)C3)n1. The highest BCUT2D eigenvalue weighted by Gasteiger charge is 2.41. The van der Waals surface area contributed by atoms with Crippen LogP contribution in [0.3, 0.4) is 0 Å². The highest BCUT2D eigenvalue weighted by atomic mass is 16.5. The van der Waals surface area contributed by atoms with Crippen molar-refractivity contribution in [1.29, 1.82) is 0 Å². The smallest absolute Gasteiger partial charge is 0.303 e. The van der Waals surface area contributed by atoms with E-state index in [0.29, 0.717) is 30.3 Å². The Labute approximate surface area is 124 Å². The molecule has 0 aromatic carbocycles. The minimum absolute atomic E-state index is 0.318. The Morgan fingerprint density at radius 1 is 1.38 bits per heavy atom. The summed E-state index contributed by atoms with van der Waals surface area (Å²) in [6.45, 7) is 0.840. The van der Waals surface area contributed by atoms with Gasteiger partial charge in [-0.1, -0.05) is 6.07 Å². The molecule has 3 rings (SSSR count). The second-order valence-electron chi connectivity index (χ2n) is 6.16. The fraction of sp³-hybridized carbons (Fsp3) is 0.625. The number of hydrogen-bond acceptors (Lipinski definition) is 4. The summed E-state index contributed by atoms with van der Waals surface area (Å²) in [6, 6.07) is 6.89. The highest BCUT2D eigenvalue weighted by molar-refractivity contribution is 5.67. The third-order valence-electron chi connectivity index (χ3n) is 4.78. The number of methoxy groups -OCH3 is 1. The maximum absolute atomic E-state index is 10.9.